The Labute approximate surface area is 99.6 Å². The van der Waals surface area contributed by atoms with E-state index in [-0.39, 0.29) is 11.3 Å². The molecule has 0 atom stereocenters. The first-order valence-corrected chi connectivity index (χ1v) is 5.54. The second kappa shape index (κ2) is 4.45. The summed E-state index contributed by atoms with van der Waals surface area (Å²) in [6.45, 7) is 4.52. The molecule has 0 aliphatic rings. The van der Waals surface area contributed by atoms with E-state index in [1.807, 2.05) is 44.2 Å². The Hall–Kier alpha value is -2.03. The SMILES string of the molecule is CC(C)=CCn1c(=O)cc(O)c2ccccc21. The fourth-order valence-electron chi connectivity index (χ4n) is 1.78. The number of para-hydroxylation sites is 1. The van der Waals surface area contributed by atoms with Crippen LogP contribution >= 0.6 is 0 Å². The van der Waals surface area contributed by atoms with Crippen LogP contribution in [0.1, 0.15) is 13.8 Å². The first-order chi connectivity index (χ1) is 8.09. The number of allylic oxidation sites excluding steroid dienone is 2. The summed E-state index contributed by atoms with van der Waals surface area (Å²) in [5.41, 5.74) is 1.74. The highest BCUT2D eigenvalue weighted by molar-refractivity contribution is 5.84. The normalized spacial score (nSPS) is 10.5. The first kappa shape index (κ1) is 11.5. The van der Waals surface area contributed by atoms with Gasteiger partial charge in [-0.15, -0.1) is 0 Å². The number of hydrogen-bond donors (Lipinski definition) is 1. The van der Waals surface area contributed by atoms with Crippen LogP contribution in [0, 0.1) is 0 Å². The molecule has 0 spiro atoms. The Morgan fingerprint density at radius 2 is 2.06 bits per heavy atom. The van der Waals surface area contributed by atoms with Gasteiger partial charge in [0.15, 0.2) is 0 Å². The van der Waals surface area contributed by atoms with Crippen molar-refractivity contribution < 1.29 is 5.11 Å². The fraction of sp³-hybridized carbons (Fsp3) is 0.214. The molecule has 1 aromatic heterocycles. The van der Waals surface area contributed by atoms with E-state index in [0.717, 1.165) is 11.1 Å². The van der Waals surface area contributed by atoms with Crippen LogP contribution in [0.25, 0.3) is 10.9 Å². The van der Waals surface area contributed by atoms with E-state index in [9.17, 15) is 9.90 Å². The van der Waals surface area contributed by atoms with Crippen LogP contribution in [0.2, 0.25) is 0 Å². The topological polar surface area (TPSA) is 42.2 Å². The van der Waals surface area contributed by atoms with Gasteiger partial charge in [-0.25, -0.2) is 0 Å². The second-order valence-corrected chi connectivity index (χ2v) is 4.28. The van der Waals surface area contributed by atoms with Gasteiger partial charge in [0, 0.05) is 18.0 Å². The molecule has 0 radical (unpaired) electrons. The number of fused-ring (bicyclic) bond motifs is 1. The van der Waals surface area contributed by atoms with Crippen molar-refractivity contribution in [3.63, 3.8) is 0 Å². The van der Waals surface area contributed by atoms with E-state index in [2.05, 4.69) is 0 Å². The van der Waals surface area contributed by atoms with Crippen molar-refractivity contribution in [3.05, 3.63) is 52.3 Å². The van der Waals surface area contributed by atoms with Crippen molar-refractivity contribution in [1.82, 2.24) is 4.57 Å². The molecule has 3 nitrogen and oxygen atoms in total. The van der Waals surface area contributed by atoms with Gasteiger partial charge in [-0.2, -0.15) is 0 Å². The third-order valence-corrected chi connectivity index (χ3v) is 2.68. The monoisotopic (exact) mass is 229 g/mol. The molecular weight excluding hydrogens is 214 g/mol. The quantitative estimate of drug-likeness (QED) is 0.804. The molecule has 2 rings (SSSR count). The minimum atomic E-state index is -0.182. The summed E-state index contributed by atoms with van der Waals surface area (Å²) >= 11 is 0. The molecule has 0 saturated carbocycles. The zero-order chi connectivity index (χ0) is 12.4. The number of pyridine rings is 1. The van der Waals surface area contributed by atoms with E-state index >= 15 is 0 Å². The van der Waals surface area contributed by atoms with Crippen molar-refractivity contribution in [2.75, 3.05) is 0 Å². The molecule has 0 unspecified atom stereocenters. The second-order valence-electron chi connectivity index (χ2n) is 4.28. The summed E-state index contributed by atoms with van der Waals surface area (Å²) in [5.74, 6) is 0.0408. The molecule has 0 bridgehead atoms. The van der Waals surface area contributed by atoms with Crippen LogP contribution < -0.4 is 5.56 Å². The lowest BCUT2D eigenvalue weighted by molar-refractivity contribution is 0.479. The molecule has 88 valence electrons. The summed E-state index contributed by atoms with van der Waals surface area (Å²) in [7, 11) is 0. The third-order valence-electron chi connectivity index (χ3n) is 2.68. The molecule has 3 heteroatoms. The maximum absolute atomic E-state index is 11.8. The third kappa shape index (κ3) is 2.23. The summed E-state index contributed by atoms with van der Waals surface area (Å²) in [5, 5.41) is 10.4. The zero-order valence-corrected chi connectivity index (χ0v) is 9.97. The van der Waals surface area contributed by atoms with Gasteiger partial charge in [0.25, 0.3) is 5.56 Å². The fourth-order valence-corrected chi connectivity index (χ4v) is 1.78. The number of rotatable bonds is 2. The summed E-state index contributed by atoms with van der Waals surface area (Å²) in [4.78, 5) is 11.8. The maximum Gasteiger partial charge on any atom is 0.255 e. The van der Waals surface area contributed by atoms with E-state index in [1.165, 1.54) is 6.07 Å². The molecular formula is C14H15NO2. The predicted molar refractivity (Wildman–Crippen MR) is 69.3 cm³/mol. The highest BCUT2D eigenvalue weighted by Gasteiger charge is 2.05. The highest BCUT2D eigenvalue weighted by Crippen LogP contribution is 2.21. The molecule has 1 N–H and O–H groups in total. The van der Waals surface area contributed by atoms with Crippen molar-refractivity contribution in [2.45, 2.75) is 20.4 Å². The van der Waals surface area contributed by atoms with E-state index < -0.39 is 0 Å². The Bertz CT molecular complexity index is 634. The number of hydrogen-bond acceptors (Lipinski definition) is 2. The Morgan fingerprint density at radius 1 is 1.35 bits per heavy atom. The molecule has 2 aromatic rings. The highest BCUT2D eigenvalue weighted by atomic mass is 16.3. The Morgan fingerprint density at radius 3 is 2.76 bits per heavy atom. The average molecular weight is 229 g/mol. The van der Waals surface area contributed by atoms with Gasteiger partial charge >= 0.3 is 0 Å². The van der Waals surface area contributed by atoms with Gasteiger partial charge < -0.3 is 9.67 Å². The number of nitrogens with zero attached hydrogens (tertiary/aromatic N) is 1. The minimum absolute atomic E-state index is 0.0408. The van der Waals surface area contributed by atoms with Gasteiger partial charge in [0.2, 0.25) is 0 Å². The van der Waals surface area contributed by atoms with Crippen LogP contribution in [0.5, 0.6) is 5.75 Å². The zero-order valence-electron chi connectivity index (χ0n) is 9.97. The van der Waals surface area contributed by atoms with Crippen LogP contribution in [-0.2, 0) is 6.54 Å². The van der Waals surface area contributed by atoms with Gasteiger partial charge in [0.1, 0.15) is 5.75 Å². The molecule has 1 heterocycles. The molecule has 17 heavy (non-hydrogen) atoms. The Kier molecular flexibility index (Phi) is 3.00. The van der Waals surface area contributed by atoms with Gasteiger partial charge in [-0.05, 0) is 26.0 Å². The van der Waals surface area contributed by atoms with Crippen LogP contribution in [0.15, 0.2) is 46.8 Å². The molecule has 0 aliphatic heterocycles. The van der Waals surface area contributed by atoms with Crippen LogP contribution in [0.3, 0.4) is 0 Å². The maximum atomic E-state index is 11.8. The standard InChI is InChI=1S/C14H15NO2/c1-10(2)7-8-15-12-6-4-3-5-11(12)13(16)9-14(15)17/h3-7,9,16H,8H2,1-2H3. The summed E-state index contributed by atoms with van der Waals surface area (Å²) in [6.07, 6.45) is 1.99. The van der Waals surface area contributed by atoms with Crippen LogP contribution in [-0.4, -0.2) is 9.67 Å². The number of aromatic nitrogens is 1. The molecule has 1 aromatic carbocycles. The smallest absolute Gasteiger partial charge is 0.255 e. The largest absolute Gasteiger partial charge is 0.507 e. The van der Waals surface area contributed by atoms with Crippen molar-refractivity contribution in [3.8, 4) is 5.75 Å². The lowest BCUT2D eigenvalue weighted by atomic mass is 10.2. The van der Waals surface area contributed by atoms with Gasteiger partial charge in [-0.3, -0.25) is 4.79 Å². The predicted octanol–water partition coefficient (Wildman–Crippen LogP) is 2.67. The molecule has 0 saturated heterocycles. The summed E-state index contributed by atoms with van der Waals surface area (Å²) < 4.78 is 1.65. The molecule has 0 aliphatic carbocycles. The number of aromatic hydroxyl groups is 1. The number of benzene rings is 1. The molecule has 0 amide bonds. The van der Waals surface area contributed by atoms with E-state index in [4.69, 9.17) is 0 Å². The van der Waals surface area contributed by atoms with Crippen molar-refractivity contribution >= 4 is 10.9 Å². The van der Waals surface area contributed by atoms with Gasteiger partial charge in [-0.1, -0.05) is 23.8 Å². The lowest BCUT2D eigenvalue weighted by Crippen LogP contribution is -2.18. The van der Waals surface area contributed by atoms with Crippen molar-refractivity contribution in [2.24, 2.45) is 0 Å². The van der Waals surface area contributed by atoms with E-state index in [0.29, 0.717) is 11.9 Å². The molecule has 0 fully saturated rings. The van der Waals surface area contributed by atoms with Crippen molar-refractivity contribution in [1.29, 1.82) is 0 Å². The first-order valence-electron chi connectivity index (χ1n) is 5.54. The average Bonchev–Trinajstić information content (AvgIpc) is 2.28. The van der Waals surface area contributed by atoms with Crippen LogP contribution in [0.4, 0.5) is 0 Å². The van der Waals surface area contributed by atoms with Gasteiger partial charge in [0.05, 0.1) is 5.52 Å². The lowest BCUT2D eigenvalue weighted by Gasteiger charge is -2.09. The minimum Gasteiger partial charge on any atom is -0.507 e. The summed E-state index contributed by atoms with van der Waals surface area (Å²) in [6, 6.07) is 8.62. The Balaban J connectivity index is 2.69. The van der Waals surface area contributed by atoms with E-state index in [1.54, 1.807) is 4.57 Å².